The molecule has 6 nitrogen and oxygen atoms in total. The zero-order valence-electron chi connectivity index (χ0n) is 14.9. The Balaban J connectivity index is 1.83. The number of hydrogen-bond donors (Lipinski definition) is 3. The van der Waals surface area contributed by atoms with Crippen LogP contribution in [0.15, 0.2) is 60.7 Å². The van der Waals surface area contributed by atoms with Crippen molar-refractivity contribution in [3.8, 4) is 0 Å². The van der Waals surface area contributed by atoms with Crippen molar-refractivity contribution in [3.63, 3.8) is 0 Å². The minimum Gasteiger partial charge on any atom is -0.478 e. The van der Waals surface area contributed by atoms with Crippen LogP contribution in [0.25, 0.3) is 0 Å². The van der Waals surface area contributed by atoms with Crippen LogP contribution in [0.2, 0.25) is 0 Å². The molecule has 0 atom stereocenters. The van der Waals surface area contributed by atoms with Gasteiger partial charge in [-0.05, 0) is 36.4 Å². The maximum Gasteiger partial charge on any atom is 0.335 e. The number of benzene rings is 3. The Morgan fingerprint density at radius 2 is 1.32 bits per heavy atom. The Kier molecular flexibility index (Phi) is 4.16. The fourth-order valence-electron chi connectivity index (χ4n) is 3.39. The Morgan fingerprint density at radius 3 is 1.86 bits per heavy atom. The number of aromatic carboxylic acids is 1. The summed E-state index contributed by atoms with van der Waals surface area (Å²) >= 11 is 0. The first-order valence-electron chi connectivity index (χ1n) is 8.65. The third-order valence-electron chi connectivity index (χ3n) is 4.76. The highest BCUT2D eigenvalue weighted by Gasteiger charge is 2.33. The monoisotopic (exact) mass is 372 g/mol. The lowest BCUT2D eigenvalue weighted by Crippen LogP contribution is -2.23. The third-order valence-corrected chi connectivity index (χ3v) is 4.76. The lowest BCUT2D eigenvalue weighted by molar-refractivity contribution is 0.0696. The summed E-state index contributed by atoms with van der Waals surface area (Å²) in [5.74, 6) is -1.45. The van der Waals surface area contributed by atoms with Crippen LogP contribution in [-0.4, -0.2) is 29.7 Å². The number of carbonyl (C=O) groups excluding carboxylic acids is 2. The van der Waals surface area contributed by atoms with Crippen LogP contribution in [-0.2, 0) is 0 Å². The van der Waals surface area contributed by atoms with E-state index in [1.165, 1.54) is 12.1 Å². The van der Waals surface area contributed by atoms with E-state index >= 15 is 0 Å². The molecule has 3 N–H and O–H groups in total. The van der Waals surface area contributed by atoms with Crippen molar-refractivity contribution in [2.75, 3.05) is 17.7 Å². The van der Waals surface area contributed by atoms with Crippen LogP contribution in [0.1, 0.15) is 42.2 Å². The second kappa shape index (κ2) is 6.66. The SMILES string of the molecule is CNc1ccc(Nc2ccc(C(=O)O)cc2)c2c1C(=O)c1ccccc1C2=O. The molecule has 6 heteroatoms. The summed E-state index contributed by atoms with van der Waals surface area (Å²) in [5, 5.41) is 15.1. The molecule has 1 aliphatic carbocycles. The van der Waals surface area contributed by atoms with Crippen LogP contribution < -0.4 is 10.6 Å². The minimum atomic E-state index is -1.01. The second-order valence-corrected chi connectivity index (χ2v) is 6.37. The standard InChI is InChI=1S/C22H16N2O4/c1-23-16-10-11-17(24-13-8-6-12(7-9-13)22(27)28)19-18(16)20(25)14-4-2-3-5-15(14)21(19)26/h2-11,23-24H,1H3,(H,27,28). The number of carbonyl (C=O) groups is 3. The van der Waals surface area contributed by atoms with Gasteiger partial charge in [-0.15, -0.1) is 0 Å². The molecular weight excluding hydrogens is 356 g/mol. The first-order valence-corrected chi connectivity index (χ1v) is 8.65. The second-order valence-electron chi connectivity index (χ2n) is 6.37. The van der Waals surface area contributed by atoms with Crippen molar-refractivity contribution in [2.45, 2.75) is 0 Å². The molecule has 0 aromatic heterocycles. The largest absolute Gasteiger partial charge is 0.478 e. The minimum absolute atomic E-state index is 0.165. The molecule has 0 unspecified atom stereocenters. The zero-order valence-corrected chi connectivity index (χ0v) is 14.9. The molecule has 0 spiro atoms. The summed E-state index contributed by atoms with van der Waals surface area (Å²) in [4.78, 5) is 37.3. The van der Waals surface area contributed by atoms with Crippen LogP contribution in [0.5, 0.6) is 0 Å². The highest BCUT2D eigenvalue weighted by molar-refractivity contribution is 6.32. The van der Waals surface area contributed by atoms with Gasteiger partial charge < -0.3 is 15.7 Å². The van der Waals surface area contributed by atoms with E-state index in [2.05, 4.69) is 10.6 Å². The summed E-state index contributed by atoms with van der Waals surface area (Å²) in [7, 11) is 1.70. The maximum atomic E-state index is 13.2. The first-order chi connectivity index (χ1) is 13.5. The number of carboxylic acid groups (broad SMARTS) is 1. The summed E-state index contributed by atoms with van der Waals surface area (Å²) in [6.07, 6.45) is 0. The molecule has 0 fully saturated rings. The van der Waals surface area contributed by atoms with Crippen LogP contribution >= 0.6 is 0 Å². The van der Waals surface area contributed by atoms with Crippen molar-refractivity contribution in [1.29, 1.82) is 0 Å². The molecule has 28 heavy (non-hydrogen) atoms. The van der Waals surface area contributed by atoms with Gasteiger partial charge in [0.1, 0.15) is 0 Å². The summed E-state index contributed by atoms with van der Waals surface area (Å²) in [6.45, 7) is 0. The number of fused-ring (bicyclic) bond motifs is 2. The van der Waals surface area contributed by atoms with Crippen molar-refractivity contribution < 1.29 is 19.5 Å². The fourth-order valence-corrected chi connectivity index (χ4v) is 3.39. The number of rotatable bonds is 4. The summed E-state index contributed by atoms with van der Waals surface area (Å²) < 4.78 is 0. The summed E-state index contributed by atoms with van der Waals surface area (Å²) in [5.41, 5.74) is 3.24. The van der Waals surface area contributed by atoms with Crippen molar-refractivity contribution in [2.24, 2.45) is 0 Å². The van der Waals surface area contributed by atoms with E-state index in [0.717, 1.165) is 0 Å². The van der Waals surface area contributed by atoms with Crippen LogP contribution in [0.4, 0.5) is 17.1 Å². The Labute approximate surface area is 160 Å². The molecule has 1 aliphatic rings. The highest BCUT2D eigenvalue weighted by Crippen LogP contribution is 2.37. The molecule has 4 rings (SSSR count). The van der Waals surface area contributed by atoms with Crippen LogP contribution in [0, 0.1) is 0 Å². The van der Waals surface area contributed by atoms with Gasteiger partial charge >= 0.3 is 5.97 Å². The van der Waals surface area contributed by atoms with Gasteiger partial charge in [-0.3, -0.25) is 9.59 Å². The van der Waals surface area contributed by atoms with E-state index < -0.39 is 5.97 Å². The molecule has 138 valence electrons. The van der Waals surface area contributed by atoms with Gasteiger partial charge in [0.15, 0.2) is 11.6 Å². The first kappa shape index (κ1) is 17.5. The number of nitrogens with one attached hydrogen (secondary N) is 2. The third kappa shape index (κ3) is 2.72. The Morgan fingerprint density at radius 1 is 0.786 bits per heavy atom. The molecule has 3 aromatic rings. The van der Waals surface area contributed by atoms with E-state index in [0.29, 0.717) is 39.3 Å². The Hall–Kier alpha value is -3.93. The average Bonchev–Trinajstić information content (AvgIpc) is 2.72. The predicted octanol–water partition coefficient (Wildman–Crippen LogP) is 3.95. The molecule has 0 saturated heterocycles. The van der Waals surface area contributed by atoms with Crippen molar-refractivity contribution in [3.05, 3.63) is 88.5 Å². The number of hydrogen-bond acceptors (Lipinski definition) is 5. The highest BCUT2D eigenvalue weighted by atomic mass is 16.4. The van der Waals surface area contributed by atoms with E-state index in [1.807, 2.05) is 0 Å². The normalized spacial score (nSPS) is 12.2. The van der Waals surface area contributed by atoms with E-state index in [4.69, 9.17) is 5.11 Å². The number of ketones is 2. The number of anilines is 3. The topological polar surface area (TPSA) is 95.5 Å². The quantitative estimate of drug-likeness (QED) is 0.502. The van der Waals surface area contributed by atoms with E-state index in [-0.39, 0.29) is 17.1 Å². The van der Waals surface area contributed by atoms with Gasteiger partial charge in [0.05, 0.1) is 22.4 Å². The fraction of sp³-hybridized carbons (Fsp3) is 0.0455. The zero-order chi connectivity index (χ0) is 19.8. The molecular formula is C22H16N2O4. The smallest absolute Gasteiger partial charge is 0.335 e. The maximum absolute atomic E-state index is 13.2. The van der Waals surface area contributed by atoms with Gasteiger partial charge in [-0.25, -0.2) is 4.79 Å². The molecule has 0 heterocycles. The molecule has 0 saturated carbocycles. The van der Waals surface area contributed by atoms with Crippen LogP contribution in [0.3, 0.4) is 0 Å². The Bertz CT molecular complexity index is 1130. The molecule has 0 bridgehead atoms. The molecule has 0 amide bonds. The lowest BCUT2D eigenvalue weighted by Gasteiger charge is -2.23. The number of carboxylic acids is 1. The molecule has 0 aliphatic heterocycles. The van der Waals surface area contributed by atoms with Gasteiger partial charge in [-0.1, -0.05) is 24.3 Å². The molecule has 3 aromatic carbocycles. The summed E-state index contributed by atoms with van der Waals surface area (Å²) in [6, 6.07) is 16.4. The average molecular weight is 372 g/mol. The van der Waals surface area contributed by atoms with E-state index in [9.17, 15) is 14.4 Å². The van der Waals surface area contributed by atoms with Gasteiger partial charge in [0, 0.05) is 29.5 Å². The van der Waals surface area contributed by atoms with Gasteiger partial charge in [-0.2, -0.15) is 0 Å². The van der Waals surface area contributed by atoms with Gasteiger partial charge in [0.25, 0.3) is 0 Å². The van der Waals surface area contributed by atoms with Crippen molar-refractivity contribution >= 4 is 34.6 Å². The predicted molar refractivity (Wildman–Crippen MR) is 106 cm³/mol. The van der Waals surface area contributed by atoms with E-state index in [1.54, 1.807) is 55.6 Å². The molecule has 0 radical (unpaired) electrons. The van der Waals surface area contributed by atoms with Crippen molar-refractivity contribution in [1.82, 2.24) is 0 Å². The lowest BCUT2D eigenvalue weighted by atomic mass is 9.82. The van der Waals surface area contributed by atoms with Gasteiger partial charge in [0.2, 0.25) is 0 Å².